The van der Waals surface area contributed by atoms with Crippen molar-refractivity contribution in [2.24, 2.45) is 0 Å². The molecule has 0 aliphatic carbocycles. The molecule has 2 aromatic carbocycles. The van der Waals surface area contributed by atoms with E-state index in [0.29, 0.717) is 23.6 Å². The molecule has 0 atom stereocenters. The van der Waals surface area contributed by atoms with E-state index < -0.39 is 5.91 Å². The van der Waals surface area contributed by atoms with Crippen LogP contribution in [0, 0.1) is 0 Å². The van der Waals surface area contributed by atoms with Gasteiger partial charge in [-0.15, -0.1) is 0 Å². The molecule has 0 radical (unpaired) electrons. The fourth-order valence-electron chi connectivity index (χ4n) is 2.57. The molecular formula is C22H19BrN4O3S2. The Labute approximate surface area is 204 Å². The number of carbonyl (C=O) groups is 2. The van der Waals surface area contributed by atoms with E-state index in [1.54, 1.807) is 43.3 Å². The van der Waals surface area contributed by atoms with E-state index in [2.05, 4.69) is 37.2 Å². The maximum absolute atomic E-state index is 12.4. The highest BCUT2D eigenvalue weighted by Gasteiger charge is 2.14. The topological polar surface area (TPSA) is 95.4 Å². The van der Waals surface area contributed by atoms with Gasteiger partial charge >= 0.3 is 0 Å². The van der Waals surface area contributed by atoms with E-state index in [9.17, 15) is 9.59 Å². The van der Waals surface area contributed by atoms with Crippen molar-refractivity contribution in [2.75, 3.05) is 10.6 Å². The summed E-state index contributed by atoms with van der Waals surface area (Å²) in [6.07, 6.45) is 0.345. The summed E-state index contributed by atoms with van der Waals surface area (Å²) in [6.45, 7) is 1.74. The number of anilines is 2. The third-order valence-electron chi connectivity index (χ3n) is 4.16. The fourth-order valence-corrected chi connectivity index (χ4v) is 3.28. The zero-order valence-corrected chi connectivity index (χ0v) is 20.1. The van der Waals surface area contributed by atoms with Gasteiger partial charge in [0, 0.05) is 27.8 Å². The Morgan fingerprint density at radius 3 is 1.97 bits per heavy atom. The second-order valence-corrected chi connectivity index (χ2v) is 8.24. The van der Waals surface area contributed by atoms with Gasteiger partial charge in [-0.2, -0.15) is 0 Å². The second-order valence-electron chi connectivity index (χ2n) is 6.51. The van der Waals surface area contributed by atoms with Crippen LogP contribution in [0.4, 0.5) is 11.4 Å². The predicted molar refractivity (Wildman–Crippen MR) is 137 cm³/mol. The van der Waals surface area contributed by atoms with Crippen LogP contribution in [0.5, 0.6) is 0 Å². The van der Waals surface area contributed by atoms with Crippen molar-refractivity contribution in [1.29, 1.82) is 0 Å². The lowest BCUT2D eigenvalue weighted by Crippen LogP contribution is -2.34. The number of hydrogen-bond donors (Lipinski definition) is 4. The molecule has 0 saturated heterocycles. The number of benzene rings is 2. The van der Waals surface area contributed by atoms with Gasteiger partial charge in [-0.1, -0.05) is 35.0 Å². The monoisotopic (exact) mass is 530 g/mol. The van der Waals surface area contributed by atoms with Crippen LogP contribution in [0.15, 0.2) is 69.6 Å². The van der Waals surface area contributed by atoms with Crippen LogP contribution in [-0.2, 0) is 4.79 Å². The zero-order chi connectivity index (χ0) is 23.1. The first-order valence-electron chi connectivity index (χ1n) is 9.53. The number of nitrogens with one attached hydrogen (secondary N) is 4. The molecule has 164 valence electrons. The third kappa shape index (κ3) is 6.71. The van der Waals surface area contributed by atoms with Gasteiger partial charge in [-0.05, 0) is 73.0 Å². The molecule has 0 unspecified atom stereocenters. The number of carbonyl (C=O) groups excluding carboxylic acids is 2. The minimum absolute atomic E-state index is 0.128. The molecule has 2 amide bonds. The average Bonchev–Trinajstić information content (AvgIpc) is 3.26. The van der Waals surface area contributed by atoms with Crippen molar-refractivity contribution in [3.8, 4) is 11.3 Å². The summed E-state index contributed by atoms with van der Waals surface area (Å²) in [7, 11) is 0. The minimum Gasteiger partial charge on any atom is -0.451 e. The smallest absolute Gasteiger partial charge is 0.293 e. The Balaban J connectivity index is 1.53. The highest BCUT2D eigenvalue weighted by Crippen LogP contribution is 2.24. The molecule has 0 spiro atoms. The molecule has 1 heterocycles. The highest BCUT2D eigenvalue weighted by atomic mass is 79.9. The van der Waals surface area contributed by atoms with Gasteiger partial charge in [-0.3, -0.25) is 14.9 Å². The van der Waals surface area contributed by atoms with Crippen molar-refractivity contribution in [2.45, 2.75) is 13.3 Å². The SMILES string of the molecule is CCC(=O)NC(=S)Nc1ccc(NC(=S)NC(=O)c2ccc(-c3ccc(Br)cc3)o2)cc1. The summed E-state index contributed by atoms with van der Waals surface area (Å²) in [4.78, 5) is 23.8. The molecule has 0 bridgehead atoms. The molecule has 10 heteroatoms. The Morgan fingerprint density at radius 1 is 0.844 bits per heavy atom. The minimum atomic E-state index is -0.457. The van der Waals surface area contributed by atoms with Gasteiger partial charge in [0.2, 0.25) is 5.91 Å². The molecule has 3 aromatic rings. The van der Waals surface area contributed by atoms with Gasteiger partial charge < -0.3 is 20.4 Å². The lowest BCUT2D eigenvalue weighted by Gasteiger charge is -2.11. The summed E-state index contributed by atoms with van der Waals surface area (Å²) in [5.41, 5.74) is 2.22. The Bertz CT molecular complexity index is 1140. The standard InChI is InChI=1S/C22H19BrN4O3S2/c1-2-19(28)26-21(31)24-15-7-9-16(10-8-15)25-22(32)27-20(29)18-12-11-17(30-18)13-3-5-14(23)6-4-13/h3-12H,2H2,1H3,(H2,24,26,28,31)(H2,25,27,29,32). The summed E-state index contributed by atoms with van der Waals surface area (Å²) < 4.78 is 6.60. The van der Waals surface area contributed by atoms with Crippen LogP contribution < -0.4 is 21.3 Å². The van der Waals surface area contributed by atoms with Crippen molar-refractivity contribution in [3.05, 3.63) is 70.9 Å². The van der Waals surface area contributed by atoms with E-state index in [1.807, 2.05) is 24.3 Å². The number of hydrogen-bond acceptors (Lipinski definition) is 5. The van der Waals surface area contributed by atoms with Gasteiger partial charge in [-0.25, -0.2) is 0 Å². The highest BCUT2D eigenvalue weighted by molar-refractivity contribution is 9.10. The second kappa shape index (κ2) is 11.0. The van der Waals surface area contributed by atoms with Crippen LogP contribution in [0.2, 0.25) is 0 Å². The normalized spacial score (nSPS) is 10.2. The van der Waals surface area contributed by atoms with Crippen LogP contribution in [0.1, 0.15) is 23.9 Å². The van der Waals surface area contributed by atoms with Gasteiger partial charge in [0.05, 0.1) is 0 Å². The molecule has 0 aliphatic heterocycles. The van der Waals surface area contributed by atoms with Gasteiger partial charge in [0.15, 0.2) is 16.0 Å². The first-order valence-corrected chi connectivity index (χ1v) is 11.1. The fraction of sp³-hybridized carbons (Fsp3) is 0.0909. The maximum atomic E-state index is 12.4. The number of halogens is 1. The van der Waals surface area contributed by atoms with Crippen molar-refractivity contribution >= 4 is 73.8 Å². The van der Waals surface area contributed by atoms with Crippen LogP contribution in [0.25, 0.3) is 11.3 Å². The largest absolute Gasteiger partial charge is 0.451 e. The quantitative estimate of drug-likeness (QED) is 0.342. The van der Waals surface area contributed by atoms with Crippen LogP contribution in [0.3, 0.4) is 0 Å². The van der Waals surface area contributed by atoms with Crippen molar-refractivity contribution < 1.29 is 14.0 Å². The first kappa shape index (κ1) is 23.6. The molecule has 1 aromatic heterocycles. The van der Waals surface area contributed by atoms with Crippen LogP contribution in [-0.4, -0.2) is 22.0 Å². The Kier molecular flexibility index (Phi) is 8.09. The molecule has 0 aliphatic rings. The van der Waals surface area contributed by atoms with Crippen LogP contribution >= 0.6 is 40.4 Å². The summed E-state index contributed by atoms with van der Waals surface area (Å²) >= 11 is 13.7. The van der Waals surface area contributed by atoms with Gasteiger partial charge in [0.25, 0.3) is 5.91 Å². The number of furan rings is 1. The van der Waals surface area contributed by atoms with E-state index in [4.69, 9.17) is 28.9 Å². The van der Waals surface area contributed by atoms with Crippen molar-refractivity contribution in [3.63, 3.8) is 0 Å². The number of amides is 2. The molecular weight excluding hydrogens is 512 g/mol. The summed E-state index contributed by atoms with van der Waals surface area (Å²) in [6, 6.07) is 17.9. The maximum Gasteiger partial charge on any atom is 0.293 e. The third-order valence-corrected chi connectivity index (χ3v) is 5.10. The summed E-state index contributed by atoms with van der Waals surface area (Å²) in [5, 5.41) is 11.3. The number of rotatable bonds is 5. The molecule has 32 heavy (non-hydrogen) atoms. The van der Waals surface area contributed by atoms with Crippen molar-refractivity contribution in [1.82, 2.24) is 10.6 Å². The Hall–Kier alpha value is -3.08. The number of thiocarbonyl (C=S) groups is 2. The molecule has 3 rings (SSSR count). The molecule has 0 saturated carbocycles. The lowest BCUT2D eigenvalue weighted by molar-refractivity contribution is -0.119. The van der Waals surface area contributed by atoms with E-state index >= 15 is 0 Å². The van der Waals surface area contributed by atoms with E-state index in [-0.39, 0.29) is 21.9 Å². The molecule has 0 fully saturated rings. The zero-order valence-electron chi connectivity index (χ0n) is 16.9. The Morgan fingerprint density at radius 2 is 1.41 bits per heavy atom. The molecule has 4 N–H and O–H groups in total. The average molecular weight is 531 g/mol. The van der Waals surface area contributed by atoms with E-state index in [1.165, 1.54) is 0 Å². The lowest BCUT2D eigenvalue weighted by atomic mass is 10.2. The molecule has 7 nitrogen and oxygen atoms in total. The van der Waals surface area contributed by atoms with Gasteiger partial charge in [0.1, 0.15) is 5.76 Å². The first-order chi connectivity index (χ1) is 15.3. The van der Waals surface area contributed by atoms with E-state index in [0.717, 1.165) is 10.0 Å². The summed E-state index contributed by atoms with van der Waals surface area (Å²) in [5.74, 6) is 0.107. The predicted octanol–water partition coefficient (Wildman–Crippen LogP) is 5.06.